The lowest BCUT2D eigenvalue weighted by atomic mass is 10.1. The Labute approximate surface area is 113 Å². The maximum absolute atomic E-state index is 10.4. The van der Waals surface area contributed by atoms with Crippen LogP contribution in [0, 0.1) is 0 Å². The number of carbonyl (C=O) groups excluding carboxylic acids is 1. The van der Waals surface area contributed by atoms with Gasteiger partial charge in [0.2, 0.25) is 6.29 Å². The number of rotatable bonds is 5. The zero-order chi connectivity index (χ0) is 13.5. The zero-order valence-electron chi connectivity index (χ0n) is 10.8. The molecule has 19 heavy (non-hydrogen) atoms. The predicted molar refractivity (Wildman–Crippen MR) is 77.8 cm³/mol. The molecule has 2 heteroatoms. The number of benzene rings is 2. The number of hydrogen-bond acceptors (Lipinski definition) is 2. The van der Waals surface area contributed by atoms with Gasteiger partial charge in [-0.15, -0.1) is 0 Å². The summed E-state index contributed by atoms with van der Waals surface area (Å²) in [6.07, 6.45) is 5.89. The highest BCUT2D eigenvalue weighted by molar-refractivity contribution is 5.77. The largest absolute Gasteiger partial charge is 0.494 e. The molecule has 0 aliphatic rings. The molecule has 2 aromatic carbocycles. The quantitative estimate of drug-likeness (QED) is 0.757. The van der Waals surface area contributed by atoms with Crippen LogP contribution in [0.3, 0.4) is 0 Å². The summed E-state index contributed by atoms with van der Waals surface area (Å²) < 4.78 is 5.39. The fraction of sp³-hybridized carbons (Fsp3) is 0.118. The molecule has 2 nitrogen and oxygen atoms in total. The smallest absolute Gasteiger partial charge is 0.233 e. The molecule has 0 unspecified atom stereocenters. The molecule has 0 saturated carbocycles. The highest BCUT2D eigenvalue weighted by Crippen LogP contribution is 2.14. The molecular formula is C17H15O2. The van der Waals surface area contributed by atoms with E-state index in [1.54, 1.807) is 12.1 Å². The molecule has 0 aliphatic heterocycles. The van der Waals surface area contributed by atoms with E-state index in [1.807, 2.05) is 61.8 Å². The lowest BCUT2D eigenvalue weighted by Crippen LogP contribution is -1.90. The van der Waals surface area contributed by atoms with E-state index in [-0.39, 0.29) is 0 Å². The lowest BCUT2D eigenvalue weighted by molar-refractivity contribution is 0.340. The molecule has 0 atom stereocenters. The molecule has 0 saturated heterocycles. The Morgan fingerprint density at radius 2 is 1.47 bits per heavy atom. The van der Waals surface area contributed by atoms with Gasteiger partial charge >= 0.3 is 0 Å². The van der Waals surface area contributed by atoms with Crippen LogP contribution >= 0.6 is 0 Å². The first-order valence-corrected chi connectivity index (χ1v) is 6.21. The molecule has 0 N–H and O–H groups in total. The standard InChI is InChI=1S/C17H15O2/c1-2-19-17-11-9-15(10-12-17)4-3-14-5-7-16(13-18)8-6-14/h3-12H,2H2,1H3. The highest BCUT2D eigenvalue weighted by atomic mass is 16.5. The first kappa shape index (κ1) is 13.1. The first-order chi connectivity index (χ1) is 9.31. The van der Waals surface area contributed by atoms with E-state index < -0.39 is 0 Å². The molecule has 0 heterocycles. The minimum atomic E-state index is 0.568. The first-order valence-electron chi connectivity index (χ1n) is 6.21. The van der Waals surface area contributed by atoms with Gasteiger partial charge in [0, 0.05) is 5.56 Å². The number of hydrogen-bond donors (Lipinski definition) is 0. The van der Waals surface area contributed by atoms with Crippen molar-refractivity contribution in [3.63, 3.8) is 0 Å². The molecule has 95 valence electrons. The summed E-state index contributed by atoms with van der Waals surface area (Å²) in [5.41, 5.74) is 2.72. The molecule has 2 aromatic rings. The van der Waals surface area contributed by atoms with E-state index in [4.69, 9.17) is 4.74 Å². The second kappa shape index (κ2) is 6.55. The van der Waals surface area contributed by atoms with Gasteiger partial charge in [0.1, 0.15) is 5.75 Å². The summed E-state index contributed by atoms with van der Waals surface area (Å²) in [6.45, 7) is 2.64. The van der Waals surface area contributed by atoms with Crippen molar-refractivity contribution in [1.29, 1.82) is 0 Å². The maximum atomic E-state index is 10.4. The Morgan fingerprint density at radius 1 is 0.947 bits per heavy atom. The third-order valence-corrected chi connectivity index (χ3v) is 2.69. The Hall–Kier alpha value is -2.35. The predicted octanol–water partition coefficient (Wildman–Crippen LogP) is 3.71. The summed E-state index contributed by atoms with van der Waals surface area (Å²) in [6, 6.07) is 15.2. The zero-order valence-corrected chi connectivity index (χ0v) is 10.8. The van der Waals surface area contributed by atoms with E-state index in [2.05, 4.69) is 0 Å². The minimum Gasteiger partial charge on any atom is -0.494 e. The monoisotopic (exact) mass is 251 g/mol. The van der Waals surface area contributed by atoms with Crippen LogP contribution in [0.1, 0.15) is 23.6 Å². The van der Waals surface area contributed by atoms with Crippen molar-refractivity contribution in [3.05, 3.63) is 65.2 Å². The third-order valence-electron chi connectivity index (χ3n) is 2.69. The van der Waals surface area contributed by atoms with Crippen LogP contribution in [-0.2, 0) is 4.79 Å². The van der Waals surface area contributed by atoms with Gasteiger partial charge < -0.3 is 4.74 Å². The Morgan fingerprint density at radius 3 is 1.95 bits per heavy atom. The van der Waals surface area contributed by atoms with Gasteiger partial charge in [-0.25, -0.2) is 0 Å². The fourth-order valence-corrected chi connectivity index (χ4v) is 1.70. The van der Waals surface area contributed by atoms with Crippen LogP contribution in [0.2, 0.25) is 0 Å². The summed E-state index contributed by atoms with van der Waals surface area (Å²) in [5, 5.41) is 0. The van der Waals surface area contributed by atoms with E-state index in [0.29, 0.717) is 12.2 Å². The molecule has 2 rings (SSSR count). The lowest BCUT2D eigenvalue weighted by Gasteiger charge is -2.02. The van der Waals surface area contributed by atoms with E-state index >= 15 is 0 Å². The molecule has 0 amide bonds. The van der Waals surface area contributed by atoms with Crippen molar-refractivity contribution in [2.24, 2.45) is 0 Å². The van der Waals surface area contributed by atoms with Crippen LogP contribution in [0.5, 0.6) is 5.75 Å². The van der Waals surface area contributed by atoms with Gasteiger partial charge in [0.25, 0.3) is 0 Å². The summed E-state index contributed by atoms with van der Waals surface area (Å²) in [5.74, 6) is 0.880. The second-order valence-corrected chi connectivity index (χ2v) is 4.06. The van der Waals surface area contributed by atoms with Gasteiger partial charge in [-0.3, -0.25) is 4.79 Å². The van der Waals surface area contributed by atoms with Crippen molar-refractivity contribution in [2.45, 2.75) is 6.92 Å². The molecule has 1 radical (unpaired) electrons. The van der Waals surface area contributed by atoms with Crippen LogP contribution in [0.15, 0.2) is 48.5 Å². The van der Waals surface area contributed by atoms with Crippen molar-refractivity contribution < 1.29 is 9.53 Å². The Kier molecular flexibility index (Phi) is 4.51. The molecule has 0 aliphatic carbocycles. The molecule has 0 fully saturated rings. The molecule has 0 aromatic heterocycles. The second-order valence-electron chi connectivity index (χ2n) is 4.06. The van der Waals surface area contributed by atoms with Crippen LogP contribution in [0.4, 0.5) is 0 Å². The molecule has 0 spiro atoms. The average Bonchev–Trinajstić information content (AvgIpc) is 2.47. The normalized spacial score (nSPS) is 10.6. The van der Waals surface area contributed by atoms with Crippen LogP contribution < -0.4 is 4.74 Å². The van der Waals surface area contributed by atoms with Crippen molar-refractivity contribution in [2.75, 3.05) is 6.61 Å². The minimum absolute atomic E-state index is 0.568. The van der Waals surface area contributed by atoms with Gasteiger partial charge in [0.05, 0.1) is 6.61 Å². The van der Waals surface area contributed by atoms with Crippen molar-refractivity contribution in [1.82, 2.24) is 0 Å². The number of ether oxygens (including phenoxy) is 1. The van der Waals surface area contributed by atoms with Crippen LogP contribution in [-0.4, -0.2) is 12.9 Å². The topological polar surface area (TPSA) is 26.3 Å². The van der Waals surface area contributed by atoms with E-state index in [1.165, 1.54) is 0 Å². The fourth-order valence-electron chi connectivity index (χ4n) is 1.70. The molecule has 0 bridgehead atoms. The third kappa shape index (κ3) is 3.81. The van der Waals surface area contributed by atoms with E-state index in [9.17, 15) is 4.79 Å². The van der Waals surface area contributed by atoms with Gasteiger partial charge in [-0.1, -0.05) is 48.6 Å². The summed E-state index contributed by atoms with van der Waals surface area (Å²) >= 11 is 0. The highest BCUT2D eigenvalue weighted by Gasteiger charge is 1.93. The van der Waals surface area contributed by atoms with Crippen molar-refractivity contribution in [3.8, 4) is 5.75 Å². The van der Waals surface area contributed by atoms with Crippen LogP contribution in [0.25, 0.3) is 12.2 Å². The summed E-state index contributed by atoms with van der Waals surface area (Å²) in [7, 11) is 0. The Balaban J connectivity index is 2.06. The molecular weight excluding hydrogens is 236 g/mol. The van der Waals surface area contributed by atoms with Gasteiger partial charge in [-0.2, -0.15) is 0 Å². The Bertz CT molecular complexity index is 551. The average molecular weight is 251 g/mol. The van der Waals surface area contributed by atoms with E-state index in [0.717, 1.165) is 16.9 Å². The summed E-state index contributed by atoms with van der Waals surface area (Å²) in [4.78, 5) is 10.4. The maximum Gasteiger partial charge on any atom is 0.233 e. The van der Waals surface area contributed by atoms with Gasteiger partial charge in [0.15, 0.2) is 0 Å². The van der Waals surface area contributed by atoms with Gasteiger partial charge in [-0.05, 0) is 30.2 Å². The SMILES string of the molecule is CCOc1ccc(C=Cc2ccc([C]=O)cc2)cc1. The van der Waals surface area contributed by atoms with Crippen molar-refractivity contribution >= 4 is 18.4 Å².